The van der Waals surface area contributed by atoms with Crippen LogP contribution >= 0.6 is 15.9 Å². The quantitative estimate of drug-likeness (QED) is 0.915. The topological polar surface area (TPSA) is 51.5 Å². The molecular weight excluding hydrogens is 334 g/mol. The maximum atomic E-state index is 12.5. The first-order valence-corrected chi connectivity index (χ1v) is 7.69. The highest BCUT2D eigenvalue weighted by Gasteiger charge is 2.25. The second kappa shape index (κ2) is 5.93. The lowest BCUT2D eigenvalue weighted by molar-refractivity contribution is 0.0931. The summed E-state index contributed by atoms with van der Waals surface area (Å²) >= 11 is 3.41. The number of methoxy groups -OCH3 is 1. The number of aryl methyl sites for hydroxylation is 1. The van der Waals surface area contributed by atoms with Crippen molar-refractivity contribution in [2.75, 3.05) is 7.11 Å². The Morgan fingerprint density at radius 3 is 3.10 bits per heavy atom. The predicted molar refractivity (Wildman–Crippen MR) is 82.5 cm³/mol. The van der Waals surface area contributed by atoms with Gasteiger partial charge in [-0.05, 0) is 53.0 Å². The number of amides is 1. The molecule has 4 nitrogen and oxygen atoms in total. The molecule has 0 bridgehead atoms. The second-order valence-electron chi connectivity index (χ2n) is 5.06. The van der Waals surface area contributed by atoms with Gasteiger partial charge in [0.05, 0.1) is 25.0 Å². The lowest BCUT2D eigenvalue weighted by Crippen LogP contribution is -2.30. The molecule has 0 spiro atoms. The van der Waals surface area contributed by atoms with Gasteiger partial charge in [-0.15, -0.1) is 0 Å². The van der Waals surface area contributed by atoms with Crippen LogP contribution in [0, 0.1) is 0 Å². The predicted octanol–water partition coefficient (Wildman–Crippen LogP) is 3.86. The molecule has 1 amide bonds. The van der Waals surface area contributed by atoms with E-state index in [0.717, 1.165) is 35.1 Å². The molecule has 1 aromatic heterocycles. The Kier molecular flexibility index (Phi) is 4.01. The Balaban J connectivity index is 1.82. The van der Waals surface area contributed by atoms with E-state index in [1.807, 2.05) is 18.2 Å². The van der Waals surface area contributed by atoms with E-state index in [2.05, 4.69) is 21.2 Å². The van der Waals surface area contributed by atoms with Crippen LogP contribution in [0.5, 0.6) is 5.75 Å². The molecule has 1 aliphatic carbocycles. The summed E-state index contributed by atoms with van der Waals surface area (Å²) in [6, 6.07) is 7.32. The number of carbonyl (C=O) groups is 1. The summed E-state index contributed by atoms with van der Waals surface area (Å²) in [6.07, 6.45) is 4.58. The van der Waals surface area contributed by atoms with Crippen LogP contribution in [0.25, 0.3) is 0 Å². The van der Waals surface area contributed by atoms with Crippen LogP contribution in [0.1, 0.15) is 40.6 Å². The Morgan fingerprint density at radius 2 is 2.29 bits per heavy atom. The molecule has 21 heavy (non-hydrogen) atoms. The highest BCUT2D eigenvalue weighted by molar-refractivity contribution is 9.10. The van der Waals surface area contributed by atoms with Crippen molar-refractivity contribution in [2.24, 2.45) is 0 Å². The maximum absolute atomic E-state index is 12.5. The number of benzene rings is 1. The monoisotopic (exact) mass is 349 g/mol. The molecular formula is C16H16BrNO3. The lowest BCUT2D eigenvalue weighted by atomic mass is 9.93. The number of hydrogen-bond donors (Lipinski definition) is 1. The molecule has 110 valence electrons. The van der Waals surface area contributed by atoms with Crippen LogP contribution in [0.3, 0.4) is 0 Å². The summed E-state index contributed by atoms with van der Waals surface area (Å²) in [4.78, 5) is 12.5. The van der Waals surface area contributed by atoms with Gasteiger partial charge in [-0.3, -0.25) is 4.79 Å². The Labute approximate surface area is 131 Å². The summed E-state index contributed by atoms with van der Waals surface area (Å²) < 4.78 is 11.4. The third-order valence-electron chi connectivity index (χ3n) is 3.78. The fourth-order valence-corrected chi connectivity index (χ4v) is 3.10. The van der Waals surface area contributed by atoms with Crippen LogP contribution in [0.15, 0.2) is 39.4 Å². The third-order valence-corrected chi connectivity index (χ3v) is 4.47. The molecule has 2 aromatic rings. The lowest BCUT2D eigenvalue weighted by Gasteiger charge is -2.23. The van der Waals surface area contributed by atoms with Crippen molar-refractivity contribution in [3.8, 4) is 5.75 Å². The number of rotatable bonds is 3. The summed E-state index contributed by atoms with van der Waals surface area (Å²) in [6.45, 7) is 0. The summed E-state index contributed by atoms with van der Waals surface area (Å²) in [7, 11) is 1.59. The van der Waals surface area contributed by atoms with Crippen molar-refractivity contribution >= 4 is 21.8 Å². The molecule has 0 saturated carbocycles. The van der Waals surface area contributed by atoms with Crippen LogP contribution in [0.4, 0.5) is 0 Å². The van der Waals surface area contributed by atoms with Crippen molar-refractivity contribution in [3.05, 3.63) is 51.9 Å². The van der Waals surface area contributed by atoms with E-state index in [1.165, 1.54) is 0 Å². The second-order valence-corrected chi connectivity index (χ2v) is 5.92. The van der Waals surface area contributed by atoms with Crippen LogP contribution in [-0.2, 0) is 6.42 Å². The van der Waals surface area contributed by atoms with E-state index in [9.17, 15) is 4.79 Å². The minimum absolute atomic E-state index is 0.0121. The average molecular weight is 350 g/mol. The van der Waals surface area contributed by atoms with Gasteiger partial charge < -0.3 is 14.5 Å². The van der Waals surface area contributed by atoms with Gasteiger partial charge in [0.2, 0.25) is 0 Å². The van der Waals surface area contributed by atoms with Crippen LogP contribution in [-0.4, -0.2) is 13.0 Å². The molecule has 0 aliphatic heterocycles. The highest BCUT2D eigenvalue weighted by atomic mass is 79.9. The molecule has 1 aromatic carbocycles. The van der Waals surface area contributed by atoms with Gasteiger partial charge in [-0.25, -0.2) is 0 Å². The summed E-state index contributed by atoms with van der Waals surface area (Å²) in [5.74, 6) is 1.53. The van der Waals surface area contributed by atoms with Gasteiger partial charge in [0.25, 0.3) is 5.91 Å². The van der Waals surface area contributed by atoms with E-state index in [-0.39, 0.29) is 11.9 Å². The van der Waals surface area contributed by atoms with Crippen LogP contribution in [0.2, 0.25) is 0 Å². The molecule has 1 heterocycles. The number of hydrogen-bond acceptors (Lipinski definition) is 3. The van der Waals surface area contributed by atoms with Gasteiger partial charge >= 0.3 is 0 Å². The fourth-order valence-electron chi connectivity index (χ4n) is 2.68. The molecule has 1 unspecified atom stereocenters. The smallest absolute Gasteiger partial charge is 0.253 e. The zero-order valence-electron chi connectivity index (χ0n) is 11.7. The summed E-state index contributed by atoms with van der Waals surface area (Å²) in [5, 5.41) is 3.09. The van der Waals surface area contributed by atoms with Crippen molar-refractivity contribution in [1.82, 2.24) is 5.32 Å². The summed E-state index contributed by atoms with van der Waals surface area (Å²) in [5.41, 5.74) is 1.67. The average Bonchev–Trinajstić information content (AvgIpc) is 2.97. The van der Waals surface area contributed by atoms with Crippen molar-refractivity contribution in [2.45, 2.75) is 25.3 Å². The first-order valence-electron chi connectivity index (χ1n) is 6.89. The Bertz CT molecular complexity index is 665. The molecule has 1 N–H and O–H groups in total. The number of fused-ring (bicyclic) bond motifs is 1. The number of ether oxygens (including phenoxy) is 1. The zero-order chi connectivity index (χ0) is 14.8. The number of furan rings is 1. The molecule has 3 rings (SSSR count). The maximum Gasteiger partial charge on any atom is 0.253 e. The third kappa shape index (κ3) is 2.83. The number of nitrogens with one attached hydrogen (secondary N) is 1. The Morgan fingerprint density at radius 1 is 1.43 bits per heavy atom. The standard InChI is InChI=1S/C16H16BrNO3/c1-20-10-5-6-13(17)12(9-10)16(19)18-14-3-2-4-15-11(14)7-8-21-15/h5-9,14H,2-4H2,1H3,(H,18,19). The normalized spacial score (nSPS) is 17.1. The minimum atomic E-state index is -0.111. The molecule has 1 atom stereocenters. The zero-order valence-corrected chi connectivity index (χ0v) is 13.3. The fraction of sp³-hybridized carbons (Fsp3) is 0.312. The van der Waals surface area contributed by atoms with Gasteiger partial charge in [0.1, 0.15) is 11.5 Å². The van der Waals surface area contributed by atoms with Crippen molar-refractivity contribution < 1.29 is 13.9 Å². The molecule has 0 saturated heterocycles. The van der Waals surface area contributed by atoms with E-state index in [1.54, 1.807) is 19.4 Å². The first kappa shape index (κ1) is 14.2. The minimum Gasteiger partial charge on any atom is -0.497 e. The molecule has 0 radical (unpaired) electrons. The van der Waals surface area contributed by atoms with E-state index < -0.39 is 0 Å². The van der Waals surface area contributed by atoms with E-state index in [0.29, 0.717) is 11.3 Å². The van der Waals surface area contributed by atoms with E-state index in [4.69, 9.17) is 9.15 Å². The van der Waals surface area contributed by atoms with Crippen molar-refractivity contribution in [3.63, 3.8) is 0 Å². The highest BCUT2D eigenvalue weighted by Crippen LogP contribution is 2.31. The van der Waals surface area contributed by atoms with Crippen LogP contribution < -0.4 is 10.1 Å². The van der Waals surface area contributed by atoms with E-state index >= 15 is 0 Å². The van der Waals surface area contributed by atoms with Gasteiger partial charge in [0, 0.05) is 16.5 Å². The van der Waals surface area contributed by atoms with Gasteiger partial charge in [0.15, 0.2) is 0 Å². The number of carbonyl (C=O) groups excluding carboxylic acids is 1. The molecule has 5 heteroatoms. The largest absolute Gasteiger partial charge is 0.497 e. The van der Waals surface area contributed by atoms with Gasteiger partial charge in [-0.1, -0.05) is 0 Å². The molecule has 0 fully saturated rings. The Hall–Kier alpha value is -1.75. The SMILES string of the molecule is COc1ccc(Br)c(C(=O)NC2CCCc3occc32)c1. The number of halogens is 1. The van der Waals surface area contributed by atoms with Gasteiger partial charge in [-0.2, -0.15) is 0 Å². The van der Waals surface area contributed by atoms with Crippen molar-refractivity contribution in [1.29, 1.82) is 0 Å². The molecule has 1 aliphatic rings. The first-order chi connectivity index (χ1) is 10.2.